The molecule has 0 aromatic heterocycles. The van der Waals surface area contributed by atoms with E-state index in [4.69, 9.17) is 30.4 Å². The fraction of sp³-hybridized carbons (Fsp3) is 0.381. The second-order valence-electron chi connectivity index (χ2n) is 12.6. The van der Waals surface area contributed by atoms with Crippen LogP contribution in [-0.4, -0.2) is 31.8 Å². The van der Waals surface area contributed by atoms with Gasteiger partial charge in [-0.05, 0) is 96.3 Å². The number of ether oxygens (including phenoxy) is 4. The van der Waals surface area contributed by atoms with Crippen LogP contribution in [0.25, 0.3) is 16.8 Å². The van der Waals surface area contributed by atoms with E-state index in [1.54, 1.807) is 30.3 Å². The summed E-state index contributed by atoms with van der Waals surface area (Å²) in [6, 6.07) is 24.0. The number of benzene rings is 4. The summed E-state index contributed by atoms with van der Waals surface area (Å²) in [6.07, 6.45) is 16.6. The molecule has 0 heterocycles. The fourth-order valence-electron chi connectivity index (χ4n) is 5.56. The van der Waals surface area contributed by atoms with Crippen LogP contribution in [-0.2, 0) is 9.53 Å². The van der Waals surface area contributed by atoms with Gasteiger partial charge in [0.05, 0.1) is 25.4 Å². The van der Waals surface area contributed by atoms with Crippen molar-refractivity contribution >= 4 is 40.2 Å². The standard InChI is InChI=1S/C42H52N2O6/c1-2-3-11-24-48-39-21-17-34-30-40(22-18-33(34)29-39)50-41(45)23-16-32-14-19-38(20-15-32)47-25-12-9-7-5-4-6-8-10-13-26-49-42(46)35-27-36(43)31-37(44)28-35/h14-23,27-31H,2-13,24-26,43-44H2,1H3/b23-16+. The SMILES string of the molecule is CCCCCOc1ccc2cc(OC(=O)/C=C/c3ccc(OCCCCCCCCCCCOC(=O)c4cc(N)cc(N)c4)cc3)ccc2c1. The number of fused-ring (bicyclic) bond motifs is 1. The highest BCUT2D eigenvalue weighted by molar-refractivity contribution is 5.92. The van der Waals surface area contributed by atoms with Gasteiger partial charge in [0.1, 0.15) is 17.2 Å². The lowest BCUT2D eigenvalue weighted by Crippen LogP contribution is -2.07. The van der Waals surface area contributed by atoms with Crippen molar-refractivity contribution in [2.24, 2.45) is 0 Å². The molecule has 4 aromatic rings. The van der Waals surface area contributed by atoms with E-state index in [1.165, 1.54) is 38.2 Å². The molecule has 4 N–H and O–H groups in total. The molecule has 0 aliphatic rings. The number of esters is 2. The van der Waals surface area contributed by atoms with Crippen molar-refractivity contribution in [3.05, 3.63) is 96.1 Å². The first-order chi connectivity index (χ1) is 24.4. The summed E-state index contributed by atoms with van der Waals surface area (Å²) in [5.74, 6) is 1.36. The van der Waals surface area contributed by atoms with Gasteiger partial charge in [0.15, 0.2) is 0 Å². The summed E-state index contributed by atoms with van der Waals surface area (Å²) in [6.45, 7) is 3.99. The molecule has 0 aliphatic heterocycles. The molecular weight excluding hydrogens is 628 g/mol. The summed E-state index contributed by atoms with van der Waals surface area (Å²) in [5, 5.41) is 2.02. The van der Waals surface area contributed by atoms with Gasteiger partial charge >= 0.3 is 11.9 Å². The van der Waals surface area contributed by atoms with Crippen molar-refractivity contribution in [2.75, 3.05) is 31.3 Å². The molecule has 266 valence electrons. The number of hydrogen-bond acceptors (Lipinski definition) is 8. The predicted octanol–water partition coefficient (Wildman–Crippen LogP) is 9.94. The maximum Gasteiger partial charge on any atom is 0.338 e. The van der Waals surface area contributed by atoms with Gasteiger partial charge in [0.25, 0.3) is 0 Å². The lowest BCUT2D eigenvalue weighted by Gasteiger charge is -2.08. The topological polar surface area (TPSA) is 123 Å². The summed E-state index contributed by atoms with van der Waals surface area (Å²) in [5.41, 5.74) is 13.7. The monoisotopic (exact) mass is 680 g/mol. The number of rotatable bonds is 22. The minimum Gasteiger partial charge on any atom is -0.494 e. The Morgan fingerprint density at radius 2 is 1.10 bits per heavy atom. The van der Waals surface area contributed by atoms with Crippen LogP contribution < -0.4 is 25.7 Å². The number of nitrogen functional groups attached to an aromatic ring is 2. The molecule has 0 spiro atoms. The van der Waals surface area contributed by atoms with E-state index in [1.807, 2.05) is 54.6 Å². The Balaban J connectivity index is 1.01. The van der Waals surface area contributed by atoms with Crippen molar-refractivity contribution in [1.29, 1.82) is 0 Å². The van der Waals surface area contributed by atoms with Crippen LogP contribution in [0.1, 0.15) is 99.9 Å². The van der Waals surface area contributed by atoms with E-state index in [2.05, 4.69) is 6.92 Å². The first-order valence-electron chi connectivity index (χ1n) is 18.0. The van der Waals surface area contributed by atoms with Crippen molar-refractivity contribution in [3.63, 3.8) is 0 Å². The number of hydrogen-bond donors (Lipinski definition) is 2. The maximum absolute atomic E-state index is 12.5. The molecule has 0 saturated carbocycles. The molecule has 4 aromatic carbocycles. The molecule has 4 rings (SSSR count). The number of nitrogens with two attached hydrogens (primary N) is 2. The van der Waals surface area contributed by atoms with Gasteiger partial charge in [0, 0.05) is 17.5 Å². The van der Waals surface area contributed by atoms with Crippen LogP contribution in [0.4, 0.5) is 11.4 Å². The van der Waals surface area contributed by atoms with Gasteiger partial charge in [-0.3, -0.25) is 0 Å². The molecule has 0 aliphatic carbocycles. The Labute approximate surface area is 296 Å². The van der Waals surface area contributed by atoms with Gasteiger partial charge in [-0.1, -0.05) is 89.0 Å². The minimum absolute atomic E-state index is 0.381. The second kappa shape index (κ2) is 21.2. The zero-order valence-corrected chi connectivity index (χ0v) is 29.4. The zero-order chi connectivity index (χ0) is 35.4. The molecule has 0 atom stereocenters. The van der Waals surface area contributed by atoms with Gasteiger partial charge in [-0.25, -0.2) is 9.59 Å². The predicted molar refractivity (Wildman–Crippen MR) is 203 cm³/mol. The van der Waals surface area contributed by atoms with Crippen LogP contribution in [0.15, 0.2) is 84.9 Å². The molecule has 0 amide bonds. The lowest BCUT2D eigenvalue weighted by atomic mass is 10.1. The third kappa shape index (κ3) is 13.9. The zero-order valence-electron chi connectivity index (χ0n) is 29.4. The minimum atomic E-state index is -0.430. The number of unbranched alkanes of at least 4 members (excludes halogenated alkanes) is 10. The van der Waals surface area contributed by atoms with Gasteiger partial charge in [-0.15, -0.1) is 0 Å². The molecule has 50 heavy (non-hydrogen) atoms. The molecule has 8 nitrogen and oxygen atoms in total. The number of carbonyl (C=O) groups excluding carboxylic acids is 2. The third-order valence-electron chi connectivity index (χ3n) is 8.31. The first-order valence-corrected chi connectivity index (χ1v) is 18.0. The number of carbonyl (C=O) groups is 2. The van der Waals surface area contributed by atoms with Crippen molar-refractivity contribution in [3.8, 4) is 17.2 Å². The molecule has 0 radical (unpaired) electrons. The van der Waals surface area contributed by atoms with E-state index in [0.29, 0.717) is 35.9 Å². The maximum atomic E-state index is 12.5. The van der Waals surface area contributed by atoms with E-state index in [-0.39, 0.29) is 5.97 Å². The van der Waals surface area contributed by atoms with Crippen LogP contribution in [0.2, 0.25) is 0 Å². The Hall–Kier alpha value is -4.98. The van der Waals surface area contributed by atoms with Crippen LogP contribution >= 0.6 is 0 Å². The van der Waals surface area contributed by atoms with E-state index in [0.717, 1.165) is 79.4 Å². The molecule has 8 heteroatoms. The molecule has 0 bridgehead atoms. The Kier molecular flexibility index (Phi) is 16.0. The molecule has 0 unspecified atom stereocenters. The number of anilines is 2. The van der Waals surface area contributed by atoms with Gasteiger partial charge < -0.3 is 30.4 Å². The third-order valence-corrected chi connectivity index (χ3v) is 8.31. The lowest BCUT2D eigenvalue weighted by molar-refractivity contribution is -0.128. The van der Waals surface area contributed by atoms with Gasteiger partial charge in [-0.2, -0.15) is 0 Å². The smallest absolute Gasteiger partial charge is 0.338 e. The summed E-state index contributed by atoms with van der Waals surface area (Å²) < 4.78 is 22.6. The van der Waals surface area contributed by atoms with Crippen LogP contribution in [0.3, 0.4) is 0 Å². The van der Waals surface area contributed by atoms with Crippen molar-refractivity contribution < 1.29 is 28.5 Å². The summed E-state index contributed by atoms with van der Waals surface area (Å²) >= 11 is 0. The fourth-order valence-corrected chi connectivity index (χ4v) is 5.56. The highest BCUT2D eigenvalue weighted by atomic mass is 16.5. The second-order valence-corrected chi connectivity index (χ2v) is 12.6. The van der Waals surface area contributed by atoms with E-state index >= 15 is 0 Å². The summed E-state index contributed by atoms with van der Waals surface area (Å²) in [7, 11) is 0. The Bertz CT molecular complexity index is 1650. The van der Waals surface area contributed by atoms with Crippen LogP contribution in [0.5, 0.6) is 17.2 Å². The first kappa shape index (κ1) is 37.8. The average molecular weight is 681 g/mol. The Morgan fingerprint density at radius 3 is 1.74 bits per heavy atom. The Morgan fingerprint density at radius 1 is 0.580 bits per heavy atom. The van der Waals surface area contributed by atoms with Crippen molar-refractivity contribution in [1.82, 2.24) is 0 Å². The van der Waals surface area contributed by atoms with Crippen molar-refractivity contribution in [2.45, 2.75) is 84.0 Å². The average Bonchev–Trinajstić information content (AvgIpc) is 3.11. The van der Waals surface area contributed by atoms with Gasteiger partial charge in [0.2, 0.25) is 0 Å². The summed E-state index contributed by atoms with van der Waals surface area (Å²) in [4.78, 5) is 24.6. The largest absolute Gasteiger partial charge is 0.494 e. The normalized spacial score (nSPS) is 11.1. The molecular formula is C42H52N2O6. The molecule has 0 saturated heterocycles. The highest BCUT2D eigenvalue weighted by Crippen LogP contribution is 2.26. The van der Waals surface area contributed by atoms with E-state index < -0.39 is 5.97 Å². The van der Waals surface area contributed by atoms with E-state index in [9.17, 15) is 9.59 Å². The quantitative estimate of drug-likeness (QED) is 0.0276. The highest BCUT2D eigenvalue weighted by Gasteiger charge is 2.09. The van der Waals surface area contributed by atoms with Crippen LogP contribution in [0, 0.1) is 0 Å². The molecule has 0 fully saturated rings.